The molecule has 0 bridgehead atoms. The number of nitrogens with zero attached hydrogens (tertiary/aromatic N) is 1. The number of carboxylic acid groups (broad SMARTS) is 1. The molecule has 0 heterocycles. The highest BCUT2D eigenvalue weighted by Gasteiger charge is 2.28. The van der Waals surface area contributed by atoms with Crippen molar-refractivity contribution in [2.24, 2.45) is 11.3 Å². The molecule has 0 amide bonds. The molecule has 1 rings (SSSR count). The van der Waals surface area contributed by atoms with Crippen LogP contribution in [-0.2, 0) is 4.79 Å². The van der Waals surface area contributed by atoms with Crippen LogP contribution in [0.1, 0.15) is 72.6 Å². The van der Waals surface area contributed by atoms with Crippen LogP contribution in [0.4, 0.5) is 0 Å². The minimum Gasteiger partial charge on any atom is -0.481 e. The van der Waals surface area contributed by atoms with Crippen molar-refractivity contribution in [1.82, 2.24) is 4.90 Å². The second-order valence-electron chi connectivity index (χ2n) is 7.45. The van der Waals surface area contributed by atoms with Gasteiger partial charge in [0, 0.05) is 6.04 Å². The average Bonchev–Trinajstić information content (AvgIpc) is 2.86. The molecule has 1 N–H and O–H groups in total. The highest BCUT2D eigenvalue weighted by Crippen LogP contribution is 2.27. The molecule has 0 atom stereocenters. The lowest BCUT2D eigenvalue weighted by Gasteiger charge is -2.30. The summed E-state index contributed by atoms with van der Waals surface area (Å²) in [6.45, 7) is 10.5. The van der Waals surface area contributed by atoms with E-state index in [1.807, 2.05) is 13.8 Å². The molecular weight excluding hydrogens is 250 g/mol. The zero-order valence-corrected chi connectivity index (χ0v) is 13.8. The van der Waals surface area contributed by atoms with E-state index in [-0.39, 0.29) is 0 Å². The third kappa shape index (κ3) is 5.82. The van der Waals surface area contributed by atoms with Crippen molar-refractivity contribution < 1.29 is 9.90 Å². The smallest absolute Gasteiger partial charge is 0.309 e. The van der Waals surface area contributed by atoms with Crippen molar-refractivity contribution in [3.8, 4) is 0 Å². The molecule has 0 aromatic carbocycles. The number of carbonyl (C=O) groups is 1. The van der Waals surface area contributed by atoms with Crippen LogP contribution in [-0.4, -0.2) is 35.1 Å². The molecule has 0 saturated heterocycles. The van der Waals surface area contributed by atoms with Gasteiger partial charge in [-0.15, -0.1) is 0 Å². The zero-order valence-electron chi connectivity index (χ0n) is 13.8. The zero-order chi connectivity index (χ0) is 15.2. The maximum absolute atomic E-state index is 11.2. The summed E-state index contributed by atoms with van der Waals surface area (Å²) in [5.41, 5.74) is -0.584. The number of hydrogen-bond acceptors (Lipinski definition) is 2. The van der Waals surface area contributed by atoms with Crippen LogP contribution in [0.5, 0.6) is 0 Å². The van der Waals surface area contributed by atoms with Gasteiger partial charge in [-0.1, -0.05) is 26.7 Å². The molecule has 20 heavy (non-hydrogen) atoms. The summed E-state index contributed by atoms with van der Waals surface area (Å²) in [6.07, 6.45) is 8.41. The van der Waals surface area contributed by atoms with Crippen LogP contribution in [0.3, 0.4) is 0 Å². The van der Waals surface area contributed by atoms with Crippen molar-refractivity contribution >= 4 is 5.97 Å². The Kier molecular flexibility index (Phi) is 7.01. The summed E-state index contributed by atoms with van der Waals surface area (Å²) in [5.74, 6) is 0.0708. The van der Waals surface area contributed by atoms with E-state index < -0.39 is 11.4 Å². The van der Waals surface area contributed by atoms with E-state index in [0.29, 0.717) is 0 Å². The Hall–Kier alpha value is -0.570. The van der Waals surface area contributed by atoms with Gasteiger partial charge in [0.2, 0.25) is 0 Å². The van der Waals surface area contributed by atoms with Crippen LogP contribution in [0.25, 0.3) is 0 Å². The summed E-state index contributed by atoms with van der Waals surface area (Å²) in [5, 5.41) is 9.18. The fourth-order valence-corrected chi connectivity index (χ4v) is 3.00. The van der Waals surface area contributed by atoms with Gasteiger partial charge in [-0.25, -0.2) is 0 Å². The van der Waals surface area contributed by atoms with E-state index in [1.54, 1.807) is 0 Å². The second-order valence-corrected chi connectivity index (χ2v) is 7.45. The third-order valence-corrected chi connectivity index (χ3v) is 4.66. The lowest BCUT2D eigenvalue weighted by atomic mass is 9.88. The fraction of sp³-hybridized carbons (Fsp3) is 0.941. The minimum atomic E-state index is -0.674. The number of hydrogen-bond donors (Lipinski definition) is 1. The molecule has 3 heteroatoms. The van der Waals surface area contributed by atoms with Crippen molar-refractivity contribution in [3.05, 3.63) is 0 Å². The van der Waals surface area contributed by atoms with Crippen LogP contribution in [0.2, 0.25) is 0 Å². The lowest BCUT2D eigenvalue weighted by molar-refractivity contribution is -0.147. The Bertz CT molecular complexity index is 293. The number of aliphatic carboxylic acids is 1. The SMILES string of the molecule is CC(C)CCN(CCCC(C)(C)C(=O)O)C1CCCC1. The van der Waals surface area contributed by atoms with Gasteiger partial charge in [0.05, 0.1) is 5.41 Å². The maximum Gasteiger partial charge on any atom is 0.309 e. The lowest BCUT2D eigenvalue weighted by Crippen LogP contribution is -2.36. The first-order valence-electron chi connectivity index (χ1n) is 8.30. The summed E-state index contributed by atoms with van der Waals surface area (Å²) in [6, 6.07) is 0.752. The predicted molar refractivity (Wildman–Crippen MR) is 83.9 cm³/mol. The summed E-state index contributed by atoms with van der Waals surface area (Å²) in [7, 11) is 0. The van der Waals surface area contributed by atoms with Gasteiger partial charge < -0.3 is 10.0 Å². The predicted octanol–water partition coefficient (Wildman–Crippen LogP) is 4.17. The first-order chi connectivity index (χ1) is 9.33. The highest BCUT2D eigenvalue weighted by molar-refractivity contribution is 5.73. The first-order valence-corrected chi connectivity index (χ1v) is 8.30. The number of rotatable bonds is 9. The molecule has 0 aliphatic heterocycles. The molecule has 1 aliphatic rings. The van der Waals surface area contributed by atoms with Gasteiger partial charge in [-0.2, -0.15) is 0 Å². The maximum atomic E-state index is 11.2. The normalized spacial score (nSPS) is 17.3. The van der Waals surface area contributed by atoms with E-state index in [1.165, 1.54) is 38.6 Å². The Morgan fingerprint density at radius 1 is 1.25 bits per heavy atom. The molecule has 0 aromatic rings. The Morgan fingerprint density at radius 3 is 2.35 bits per heavy atom. The quantitative estimate of drug-likeness (QED) is 0.690. The van der Waals surface area contributed by atoms with E-state index in [4.69, 9.17) is 0 Å². The van der Waals surface area contributed by atoms with E-state index in [0.717, 1.165) is 31.3 Å². The van der Waals surface area contributed by atoms with Crippen LogP contribution < -0.4 is 0 Å². The largest absolute Gasteiger partial charge is 0.481 e. The molecule has 0 radical (unpaired) electrons. The van der Waals surface area contributed by atoms with Crippen molar-refractivity contribution in [2.45, 2.75) is 78.7 Å². The molecule has 118 valence electrons. The van der Waals surface area contributed by atoms with Gasteiger partial charge in [-0.05, 0) is 65.0 Å². The molecule has 3 nitrogen and oxygen atoms in total. The van der Waals surface area contributed by atoms with Gasteiger partial charge >= 0.3 is 5.97 Å². The Labute approximate surface area is 124 Å². The molecular formula is C17H33NO2. The standard InChI is InChI=1S/C17H33NO2/c1-14(2)10-13-18(15-8-5-6-9-15)12-7-11-17(3,4)16(19)20/h14-15H,5-13H2,1-4H3,(H,19,20). The average molecular weight is 283 g/mol. The van der Waals surface area contributed by atoms with E-state index in [9.17, 15) is 9.90 Å². The minimum absolute atomic E-state index is 0.584. The van der Waals surface area contributed by atoms with E-state index >= 15 is 0 Å². The second kappa shape index (κ2) is 8.02. The Morgan fingerprint density at radius 2 is 1.85 bits per heavy atom. The summed E-state index contributed by atoms with van der Waals surface area (Å²) >= 11 is 0. The van der Waals surface area contributed by atoms with Crippen molar-refractivity contribution in [1.29, 1.82) is 0 Å². The van der Waals surface area contributed by atoms with Crippen LogP contribution in [0.15, 0.2) is 0 Å². The highest BCUT2D eigenvalue weighted by atomic mass is 16.4. The third-order valence-electron chi connectivity index (χ3n) is 4.66. The number of carboxylic acids is 1. The van der Waals surface area contributed by atoms with Crippen molar-refractivity contribution in [3.63, 3.8) is 0 Å². The van der Waals surface area contributed by atoms with Crippen molar-refractivity contribution in [2.75, 3.05) is 13.1 Å². The topological polar surface area (TPSA) is 40.5 Å². The van der Waals surface area contributed by atoms with Gasteiger partial charge in [0.25, 0.3) is 0 Å². The fourth-order valence-electron chi connectivity index (χ4n) is 3.00. The Balaban J connectivity index is 2.41. The van der Waals surface area contributed by atoms with Gasteiger partial charge in [0.15, 0.2) is 0 Å². The van der Waals surface area contributed by atoms with Gasteiger partial charge in [0.1, 0.15) is 0 Å². The monoisotopic (exact) mass is 283 g/mol. The van der Waals surface area contributed by atoms with Crippen LogP contribution >= 0.6 is 0 Å². The summed E-state index contributed by atoms with van der Waals surface area (Å²) < 4.78 is 0. The molecule has 0 spiro atoms. The van der Waals surface area contributed by atoms with Gasteiger partial charge in [-0.3, -0.25) is 4.79 Å². The molecule has 0 unspecified atom stereocenters. The first kappa shape index (κ1) is 17.5. The molecule has 1 aliphatic carbocycles. The summed E-state index contributed by atoms with van der Waals surface area (Å²) in [4.78, 5) is 13.8. The molecule has 0 aromatic heterocycles. The molecule has 1 fully saturated rings. The molecule has 1 saturated carbocycles. The van der Waals surface area contributed by atoms with E-state index in [2.05, 4.69) is 18.7 Å². The van der Waals surface area contributed by atoms with Crippen LogP contribution in [0, 0.1) is 11.3 Å².